The number of anilines is 1. The van der Waals surface area contributed by atoms with E-state index in [1.165, 1.54) is 26.2 Å². The predicted octanol–water partition coefficient (Wildman–Crippen LogP) is 2.34. The average molecular weight is 790 g/mol. The monoisotopic (exact) mass is 789 g/mol. The number of phenols is 3. The maximum absolute atomic E-state index is 15.0. The number of nitrogens with one attached hydrogen (secondary N) is 1. The second-order valence-electron chi connectivity index (χ2n) is 14.5. The van der Waals surface area contributed by atoms with Gasteiger partial charge < -0.3 is 64.7 Å². The van der Waals surface area contributed by atoms with Crippen molar-refractivity contribution in [1.82, 2.24) is 0 Å². The molecule has 1 unspecified atom stereocenters. The first-order chi connectivity index (χ1) is 27.1. The van der Waals surface area contributed by atoms with Gasteiger partial charge in [0.1, 0.15) is 41.8 Å². The van der Waals surface area contributed by atoms with Crippen molar-refractivity contribution < 1.29 is 73.8 Å². The summed E-state index contributed by atoms with van der Waals surface area (Å²) in [6.07, 6.45) is -6.12. The Morgan fingerprint density at radius 2 is 1.70 bits per heavy atom. The van der Waals surface area contributed by atoms with Gasteiger partial charge in [-0.3, -0.25) is 9.59 Å². The van der Waals surface area contributed by atoms with Gasteiger partial charge in [-0.1, -0.05) is 36.4 Å². The quantitative estimate of drug-likeness (QED) is 0.113. The molecular formula is C41H43NO15. The molecule has 8 atom stereocenters. The van der Waals surface area contributed by atoms with E-state index < -0.39 is 118 Å². The zero-order valence-corrected chi connectivity index (χ0v) is 31.6. The van der Waals surface area contributed by atoms with E-state index in [0.717, 1.165) is 20.3 Å². The Morgan fingerprint density at radius 3 is 2.33 bits per heavy atom. The first-order valence-corrected chi connectivity index (χ1v) is 18.1. The molecule has 2 aliphatic carbocycles. The average Bonchev–Trinajstić information content (AvgIpc) is 3.17. The number of benzene rings is 4. The molecule has 4 aromatic rings. The molecular weight excluding hydrogens is 746 g/mol. The van der Waals surface area contributed by atoms with Crippen LogP contribution in [0.4, 0.5) is 5.69 Å². The lowest BCUT2D eigenvalue weighted by Gasteiger charge is -2.52. The van der Waals surface area contributed by atoms with Gasteiger partial charge in [-0.05, 0) is 36.6 Å². The Labute approximate surface area is 325 Å². The van der Waals surface area contributed by atoms with E-state index in [4.69, 9.17) is 23.7 Å². The van der Waals surface area contributed by atoms with E-state index in [2.05, 4.69) is 5.32 Å². The van der Waals surface area contributed by atoms with Gasteiger partial charge in [0, 0.05) is 43.2 Å². The number of aliphatic hydroxyl groups is 4. The van der Waals surface area contributed by atoms with Gasteiger partial charge in [-0.15, -0.1) is 0 Å². The molecule has 7 rings (SSSR count). The second kappa shape index (κ2) is 14.6. The minimum Gasteiger partial charge on any atom is -0.507 e. The number of phenolic OH excluding ortho intramolecular Hbond substituents is 3. The van der Waals surface area contributed by atoms with Crippen LogP contribution in [0.3, 0.4) is 0 Å². The molecule has 1 aliphatic heterocycles. The van der Waals surface area contributed by atoms with Gasteiger partial charge in [-0.25, -0.2) is 4.79 Å². The molecule has 0 radical (unpaired) electrons. The topological polar surface area (TPSA) is 251 Å². The number of esters is 1. The van der Waals surface area contributed by atoms with Crippen LogP contribution in [-0.4, -0.2) is 117 Å². The number of rotatable bonds is 9. The van der Waals surface area contributed by atoms with Crippen LogP contribution in [0.2, 0.25) is 0 Å². The molecule has 0 aromatic heterocycles. The third kappa shape index (κ3) is 5.66. The van der Waals surface area contributed by atoms with E-state index in [1.807, 2.05) is 0 Å². The molecule has 16 heteroatoms. The molecule has 0 amide bonds. The Morgan fingerprint density at radius 1 is 1.00 bits per heavy atom. The highest BCUT2D eigenvalue weighted by molar-refractivity contribution is 6.27. The number of Topliss-reactive ketones (excluding diaryl/α,β-unsaturated/α-hetero) is 2. The minimum absolute atomic E-state index is 0.0165. The Kier molecular flexibility index (Phi) is 10.2. The van der Waals surface area contributed by atoms with Crippen LogP contribution in [0.25, 0.3) is 10.8 Å². The highest BCUT2D eigenvalue weighted by Crippen LogP contribution is 2.58. The summed E-state index contributed by atoms with van der Waals surface area (Å²) in [4.78, 5) is 42.7. The summed E-state index contributed by atoms with van der Waals surface area (Å²) >= 11 is 0. The first-order valence-electron chi connectivity index (χ1n) is 18.1. The predicted molar refractivity (Wildman–Crippen MR) is 200 cm³/mol. The van der Waals surface area contributed by atoms with Crippen molar-refractivity contribution in [3.8, 4) is 23.0 Å². The Bertz CT molecular complexity index is 2300. The molecule has 302 valence electrons. The lowest BCUT2D eigenvalue weighted by Crippen LogP contribution is -2.73. The number of hydrogen-bond donors (Lipinski definition) is 8. The third-order valence-corrected chi connectivity index (χ3v) is 11.5. The molecule has 0 spiro atoms. The number of fused-ring (bicyclic) bond motifs is 5. The Balaban J connectivity index is 1.48. The van der Waals surface area contributed by atoms with Crippen LogP contribution >= 0.6 is 0 Å². The maximum atomic E-state index is 15.0. The van der Waals surface area contributed by atoms with Crippen molar-refractivity contribution in [3.05, 3.63) is 87.5 Å². The summed E-state index contributed by atoms with van der Waals surface area (Å²) in [6.45, 7) is 2.49. The standard InChI is InChI=1S/C41H43NO15/c1-17-11-20-12-26(45)41(55-5)37(50)29-22(36(49)40(41,52)30(20)33(48)27(17)39(51)54-4)13-21-28(32(29)47)25(44)14-24(35(21)56-16-19-9-7-6-8-10-19)42-38-23(15-43)31(46)34(53-3)18(2)57-38/h6-11,13-14,18,23,26,31,34,38,42-48,52H,12,15-16H2,1-5H3/t18-,23+,26+,31-,34-,38?,40-,41+/m0/s1. The summed E-state index contributed by atoms with van der Waals surface area (Å²) in [5.74, 6) is -7.03. The highest BCUT2D eigenvalue weighted by atomic mass is 16.6. The number of ketones is 2. The molecule has 0 saturated carbocycles. The lowest BCUT2D eigenvalue weighted by molar-refractivity contribution is -0.201. The fourth-order valence-corrected chi connectivity index (χ4v) is 8.79. The largest absolute Gasteiger partial charge is 0.507 e. The maximum Gasteiger partial charge on any atom is 0.341 e. The lowest BCUT2D eigenvalue weighted by atomic mass is 9.57. The summed E-state index contributed by atoms with van der Waals surface area (Å²) in [7, 11) is 3.42. The number of ether oxygens (including phenoxy) is 5. The van der Waals surface area contributed by atoms with Crippen LogP contribution < -0.4 is 10.1 Å². The fraction of sp³-hybridized carbons (Fsp3) is 0.390. The molecule has 57 heavy (non-hydrogen) atoms. The second-order valence-corrected chi connectivity index (χ2v) is 14.5. The van der Waals surface area contributed by atoms with Gasteiger partial charge in [0.15, 0.2) is 17.0 Å². The van der Waals surface area contributed by atoms with E-state index in [-0.39, 0.29) is 39.9 Å². The van der Waals surface area contributed by atoms with Gasteiger partial charge in [0.25, 0.3) is 0 Å². The normalized spacial score (nSPS) is 28.0. The van der Waals surface area contributed by atoms with Crippen molar-refractivity contribution >= 4 is 34.0 Å². The molecule has 4 aromatic carbocycles. The molecule has 0 bridgehead atoms. The van der Waals surface area contributed by atoms with Gasteiger partial charge in [0.2, 0.25) is 11.6 Å². The SMILES string of the molecule is COC(=O)c1c(C)cc2c(c1O)[C@]1(O)C(=O)c3cc4c(OCc5ccccc5)c(NC5O[C@@H](C)[C@H](OC)[C@@H](O)[C@H]5CO)cc(O)c4c(O)c3C(=O)[C@]1(OC)[C@H](O)C2. The van der Waals surface area contributed by atoms with Crippen LogP contribution in [0.5, 0.6) is 23.0 Å². The van der Waals surface area contributed by atoms with E-state index in [1.54, 1.807) is 37.3 Å². The van der Waals surface area contributed by atoms with E-state index >= 15 is 4.79 Å². The van der Waals surface area contributed by atoms with Crippen molar-refractivity contribution in [2.45, 2.75) is 68.7 Å². The summed E-state index contributed by atoms with van der Waals surface area (Å²) in [5.41, 5.74) is -7.42. The summed E-state index contributed by atoms with van der Waals surface area (Å²) in [5, 5.41) is 83.5. The van der Waals surface area contributed by atoms with Crippen molar-refractivity contribution in [2.75, 3.05) is 33.3 Å². The summed E-state index contributed by atoms with van der Waals surface area (Å²) in [6, 6.07) is 12.6. The highest BCUT2D eigenvalue weighted by Gasteiger charge is 2.72. The third-order valence-electron chi connectivity index (χ3n) is 11.5. The van der Waals surface area contributed by atoms with Crippen LogP contribution in [0, 0.1) is 12.8 Å². The Hall–Kier alpha value is -5.33. The van der Waals surface area contributed by atoms with Crippen LogP contribution in [0.15, 0.2) is 48.5 Å². The van der Waals surface area contributed by atoms with Gasteiger partial charge in [-0.2, -0.15) is 0 Å². The zero-order chi connectivity index (χ0) is 41.3. The van der Waals surface area contributed by atoms with Gasteiger partial charge >= 0.3 is 5.97 Å². The van der Waals surface area contributed by atoms with E-state index in [0.29, 0.717) is 5.56 Å². The van der Waals surface area contributed by atoms with Crippen molar-refractivity contribution in [2.24, 2.45) is 5.92 Å². The zero-order valence-electron chi connectivity index (χ0n) is 31.6. The van der Waals surface area contributed by atoms with Crippen molar-refractivity contribution in [3.63, 3.8) is 0 Å². The number of carbonyl (C=O) groups is 3. The molecule has 1 saturated heterocycles. The first kappa shape index (κ1) is 39.9. The van der Waals surface area contributed by atoms with E-state index in [9.17, 15) is 45.3 Å². The minimum atomic E-state index is -3.20. The molecule has 1 fully saturated rings. The van der Waals surface area contributed by atoms with Crippen molar-refractivity contribution in [1.29, 1.82) is 0 Å². The fourth-order valence-electron chi connectivity index (χ4n) is 8.79. The molecule has 8 N–H and O–H groups in total. The summed E-state index contributed by atoms with van der Waals surface area (Å²) < 4.78 is 28.3. The smallest absolute Gasteiger partial charge is 0.341 e. The molecule has 16 nitrogen and oxygen atoms in total. The number of hydrogen-bond acceptors (Lipinski definition) is 16. The molecule has 3 aliphatic rings. The number of aromatic hydroxyl groups is 3. The number of methoxy groups -OCH3 is 3. The number of carbonyl (C=O) groups excluding carboxylic acids is 3. The van der Waals surface area contributed by atoms with Gasteiger partial charge in [0.05, 0.1) is 54.6 Å². The number of aliphatic hydroxyl groups excluding tert-OH is 3. The van der Waals surface area contributed by atoms with Crippen LogP contribution in [0.1, 0.15) is 60.3 Å². The number of aryl methyl sites for hydroxylation is 1. The van der Waals surface area contributed by atoms with Crippen LogP contribution in [-0.2, 0) is 37.6 Å². The molecule has 1 heterocycles.